The van der Waals surface area contributed by atoms with Gasteiger partial charge in [-0.3, -0.25) is 10.1 Å². The van der Waals surface area contributed by atoms with Crippen molar-refractivity contribution in [3.8, 4) is 11.5 Å². The first-order valence-corrected chi connectivity index (χ1v) is 9.08. The van der Waals surface area contributed by atoms with Gasteiger partial charge in [0.2, 0.25) is 0 Å². The third-order valence-electron chi connectivity index (χ3n) is 5.19. The van der Waals surface area contributed by atoms with E-state index in [-0.39, 0.29) is 0 Å². The number of H-pyrrole nitrogens is 1. The zero-order chi connectivity index (χ0) is 17.9. The van der Waals surface area contributed by atoms with Crippen LogP contribution in [0.1, 0.15) is 30.5 Å². The second-order valence-electron chi connectivity index (χ2n) is 6.98. The molecule has 7 heteroatoms. The highest BCUT2D eigenvalue weighted by Gasteiger charge is 2.26. The minimum Gasteiger partial charge on any atom is -0.381 e. The van der Waals surface area contributed by atoms with E-state index in [9.17, 15) is 0 Å². The van der Waals surface area contributed by atoms with Gasteiger partial charge in [-0.15, -0.1) is 0 Å². The van der Waals surface area contributed by atoms with Crippen LogP contribution in [0.3, 0.4) is 0 Å². The monoisotopic (exact) mass is 352 g/mol. The highest BCUT2D eigenvalue weighted by Crippen LogP contribution is 2.30. The molecule has 3 heterocycles. The fraction of sp³-hybridized carbons (Fsp3) is 0.474. The smallest absolute Gasteiger partial charge is 0.174 e. The van der Waals surface area contributed by atoms with Gasteiger partial charge < -0.3 is 9.64 Å². The molecule has 1 fully saturated rings. The Morgan fingerprint density at radius 1 is 1.31 bits per heavy atom. The number of hydrogen-bond donors (Lipinski definition) is 1. The Hall–Kier alpha value is -2.54. The Bertz CT molecular complexity index is 813. The molecule has 1 saturated carbocycles. The summed E-state index contributed by atoms with van der Waals surface area (Å²) in [5.74, 6) is 1.37. The van der Waals surface area contributed by atoms with E-state index < -0.39 is 0 Å². The van der Waals surface area contributed by atoms with E-state index >= 15 is 0 Å². The molecule has 0 spiro atoms. The number of aryl methyl sites for hydroxylation is 1. The highest BCUT2D eigenvalue weighted by atomic mass is 16.5. The van der Waals surface area contributed by atoms with E-state index in [1.807, 2.05) is 26.3 Å². The highest BCUT2D eigenvalue weighted by molar-refractivity contribution is 5.78. The van der Waals surface area contributed by atoms with Gasteiger partial charge in [0.1, 0.15) is 12.0 Å². The van der Waals surface area contributed by atoms with E-state index in [0.29, 0.717) is 17.8 Å². The number of nitrogens with one attached hydrogen (secondary N) is 1. The van der Waals surface area contributed by atoms with E-state index in [1.54, 1.807) is 0 Å². The van der Waals surface area contributed by atoms with E-state index in [2.05, 4.69) is 42.3 Å². The average Bonchev–Trinajstić information content (AvgIpc) is 3.34. The number of aromatic nitrogens is 4. The van der Waals surface area contributed by atoms with Crippen molar-refractivity contribution in [2.75, 3.05) is 20.2 Å². The molecule has 7 nitrogen and oxygen atoms in total. The van der Waals surface area contributed by atoms with Crippen molar-refractivity contribution in [1.82, 2.24) is 25.1 Å². The Morgan fingerprint density at radius 3 is 2.96 bits per heavy atom. The van der Waals surface area contributed by atoms with Gasteiger partial charge in [-0.05, 0) is 44.2 Å². The van der Waals surface area contributed by atoms with Gasteiger partial charge in [-0.1, -0.05) is 0 Å². The van der Waals surface area contributed by atoms with Crippen LogP contribution in [0.2, 0.25) is 0 Å². The summed E-state index contributed by atoms with van der Waals surface area (Å²) in [4.78, 5) is 15.8. The number of aliphatic imine (C=N–C) groups is 1. The van der Waals surface area contributed by atoms with Gasteiger partial charge in [0.05, 0.1) is 18.3 Å². The van der Waals surface area contributed by atoms with Crippen LogP contribution in [0.15, 0.2) is 29.7 Å². The van der Waals surface area contributed by atoms with Gasteiger partial charge >= 0.3 is 0 Å². The van der Waals surface area contributed by atoms with E-state index in [0.717, 1.165) is 42.2 Å². The summed E-state index contributed by atoms with van der Waals surface area (Å²) in [7, 11) is 1.82. The summed E-state index contributed by atoms with van der Waals surface area (Å²) in [6, 6.07) is 4.02. The Balaban J connectivity index is 1.50. The number of rotatable bonds is 5. The lowest BCUT2D eigenvalue weighted by molar-refractivity contribution is 0.104. The number of hydrogen-bond acceptors (Lipinski definition) is 6. The van der Waals surface area contributed by atoms with Crippen LogP contribution >= 0.6 is 0 Å². The number of pyridine rings is 1. The minimum absolute atomic E-state index is 0.428. The van der Waals surface area contributed by atoms with Crippen LogP contribution in [-0.2, 0) is 4.74 Å². The zero-order valence-corrected chi connectivity index (χ0v) is 15.2. The van der Waals surface area contributed by atoms with Crippen molar-refractivity contribution in [3.63, 3.8) is 0 Å². The number of aromatic amines is 1. The van der Waals surface area contributed by atoms with Crippen LogP contribution in [0.25, 0.3) is 17.2 Å². The lowest BCUT2D eigenvalue weighted by Gasteiger charge is -2.26. The molecule has 2 aliphatic rings. The number of nitrogens with zero attached hydrogens (tertiary/aromatic N) is 5. The van der Waals surface area contributed by atoms with Gasteiger partial charge in [-0.2, -0.15) is 5.10 Å². The molecule has 26 heavy (non-hydrogen) atoms. The normalized spacial score (nSPS) is 22.7. The van der Waals surface area contributed by atoms with Crippen molar-refractivity contribution in [2.45, 2.75) is 32.3 Å². The molecule has 2 atom stereocenters. The Morgan fingerprint density at radius 2 is 2.23 bits per heavy atom. The molecule has 0 aromatic carbocycles. The van der Waals surface area contributed by atoms with Crippen molar-refractivity contribution in [3.05, 3.63) is 35.9 Å². The third kappa shape index (κ3) is 3.53. The molecule has 2 aromatic rings. The van der Waals surface area contributed by atoms with E-state index in [4.69, 9.17) is 4.74 Å². The predicted molar refractivity (Wildman–Crippen MR) is 101 cm³/mol. The van der Waals surface area contributed by atoms with Crippen molar-refractivity contribution in [1.29, 1.82) is 0 Å². The topological polar surface area (TPSA) is 79.3 Å². The molecule has 4 rings (SSSR count). The maximum Gasteiger partial charge on any atom is 0.174 e. The first-order valence-electron chi connectivity index (χ1n) is 9.08. The van der Waals surface area contributed by atoms with Crippen molar-refractivity contribution < 1.29 is 4.74 Å². The molecule has 0 amide bonds. The molecule has 0 saturated heterocycles. The SMILES string of the molecule is CO[C@H]1CC[C@@H](CN2C=C(c3ccc(-c4ncn[nH]4)nc3C)N=CC2)C1. The maximum atomic E-state index is 5.50. The molecule has 0 bridgehead atoms. The molecular formula is C19H24N6O. The van der Waals surface area contributed by atoms with Crippen molar-refractivity contribution in [2.24, 2.45) is 10.9 Å². The minimum atomic E-state index is 0.428. The van der Waals surface area contributed by atoms with Crippen molar-refractivity contribution >= 4 is 11.9 Å². The zero-order valence-electron chi connectivity index (χ0n) is 15.2. The van der Waals surface area contributed by atoms with E-state index in [1.165, 1.54) is 19.2 Å². The molecule has 0 unspecified atom stereocenters. The second kappa shape index (κ2) is 7.37. The lowest BCUT2D eigenvalue weighted by Crippen LogP contribution is -2.28. The van der Waals surface area contributed by atoms with Crippen LogP contribution in [0.4, 0.5) is 0 Å². The molecular weight excluding hydrogens is 328 g/mol. The molecule has 1 N–H and O–H groups in total. The molecule has 1 aliphatic carbocycles. The molecule has 136 valence electrons. The molecule has 2 aromatic heterocycles. The largest absolute Gasteiger partial charge is 0.381 e. The van der Waals surface area contributed by atoms with Gasteiger partial charge in [-0.25, -0.2) is 9.97 Å². The predicted octanol–water partition coefficient (Wildman–Crippen LogP) is 2.68. The summed E-state index contributed by atoms with van der Waals surface area (Å²) >= 11 is 0. The number of methoxy groups -OCH3 is 1. The van der Waals surface area contributed by atoms with Gasteiger partial charge in [0.25, 0.3) is 0 Å². The Kier molecular flexibility index (Phi) is 4.79. The number of ether oxygens (including phenoxy) is 1. The first-order chi connectivity index (χ1) is 12.7. The Labute approximate surface area is 153 Å². The maximum absolute atomic E-state index is 5.50. The fourth-order valence-corrected chi connectivity index (χ4v) is 3.80. The quantitative estimate of drug-likeness (QED) is 0.895. The summed E-state index contributed by atoms with van der Waals surface area (Å²) < 4.78 is 5.50. The summed E-state index contributed by atoms with van der Waals surface area (Å²) in [5, 5.41) is 6.73. The fourth-order valence-electron chi connectivity index (χ4n) is 3.80. The molecule has 1 aliphatic heterocycles. The van der Waals surface area contributed by atoms with Gasteiger partial charge in [0, 0.05) is 37.3 Å². The standard InChI is InChI=1S/C19H24N6O/c1-13-16(5-6-17(23-13)19-21-12-22-24-19)18-11-25(8-7-20-18)10-14-3-4-15(9-14)26-2/h5-7,11-12,14-15H,3-4,8-10H2,1-2H3,(H,21,22,24)/t14-,15+/m1/s1. The summed E-state index contributed by atoms with van der Waals surface area (Å²) in [6.45, 7) is 3.92. The lowest BCUT2D eigenvalue weighted by atomic mass is 10.1. The van der Waals surface area contributed by atoms with Crippen LogP contribution < -0.4 is 0 Å². The average molecular weight is 352 g/mol. The summed E-state index contributed by atoms with van der Waals surface area (Å²) in [6.07, 6.45) is 9.63. The molecule has 0 radical (unpaired) electrons. The first kappa shape index (κ1) is 16.9. The van der Waals surface area contributed by atoms with Crippen LogP contribution in [-0.4, -0.2) is 57.6 Å². The van der Waals surface area contributed by atoms with Crippen LogP contribution in [0.5, 0.6) is 0 Å². The van der Waals surface area contributed by atoms with Crippen LogP contribution in [0, 0.1) is 12.8 Å². The van der Waals surface area contributed by atoms with Gasteiger partial charge in [0.15, 0.2) is 5.82 Å². The summed E-state index contributed by atoms with van der Waals surface area (Å²) in [5.41, 5.74) is 3.74. The second-order valence-corrected chi connectivity index (χ2v) is 6.98. The third-order valence-corrected chi connectivity index (χ3v) is 5.19.